The van der Waals surface area contributed by atoms with Crippen LogP contribution in [-0.2, 0) is 5.41 Å². The van der Waals surface area contributed by atoms with Crippen LogP contribution in [0.25, 0.3) is 0 Å². The number of amides is 1. The van der Waals surface area contributed by atoms with Crippen molar-refractivity contribution in [1.82, 2.24) is 15.2 Å². The molecule has 0 spiro atoms. The van der Waals surface area contributed by atoms with Gasteiger partial charge in [0, 0.05) is 0 Å². The van der Waals surface area contributed by atoms with Gasteiger partial charge in [-0.25, -0.2) is 0 Å². The van der Waals surface area contributed by atoms with Crippen LogP contribution in [0, 0.1) is 0 Å². The number of anilines is 2. The van der Waals surface area contributed by atoms with Gasteiger partial charge in [0.25, 0.3) is 5.91 Å². The van der Waals surface area contributed by atoms with Crippen LogP contribution in [0.4, 0.5) is 11.6 Å². The zero-order chi connectivity index (χ0) is 15.6. The highest BCUT2D eigenvalue weighted by Crippen LogP contribution is 2.31. The quantitative estimate of drug-likeness (QED) is 0.800. The number of methoxy groups -OCH3 is 1. The predicted molar refractivity (Wildman–Crippen MR) is 80.4 cm³/mol. The van der Waals surface area contributed by atoms with Crippen LogP contribution in [0.5, 0.6) is 5.75 Å². The first kappa shape index (κ1) is 14.8. The van der Waals surface area contributed by atoms with E-state index in [2.05, 4.69) is 41.3 Å². The Labute approximate surface area is 122 Å². The summed E-state index contributed by atoms with van der Waals surface area (Å²) in [6, 6.07) is 5.68. The van der Waals surface area contributed by atoms with Gasteiger partial charge in [0.15, 0.2) is 0 Å². The van der Waals surface area contributed by atoms with Gasteiger partial charge in [0.2, 0.25) is 11.8 Å². The number of carbonyl (C=O) groups is 1. The van der Waals surface area contributed by atoms with Crippen molar-refractivity contribution < 1.29 is 9.53 Å². The molecule has 2 aromatic rings. The molecule has 0 saturated carbocycles. The summed E-state index contributed by atoms with van der Waals surface area (Å²) in [5, 5.41) is 8.85. The zero-order valence-electron chi connectivity index (χ0n) is 12.5. The zero-order valence-corrected chi connectivity index (χ0v) is 12.5. The molecule has 112 valence electrons. The lowest BCUT2D eigenvalue weighted by atomic mass is 9.87. The number of nitrogens with one attached hydrogen (secondary N) is 2. The fourth-order valence-corrected chi connectivity index (χ4v) is 1.83. The molecule has 4 N–H and O–H groups in total. The minimum absolute atomic E-state index is 0.0237. The van der Waals surface area contributed by atoms with Crippen molar-refractivity contribution in [1.29, 1.82) is 0 Å². The summed E-state index contributed by atoms with van der Waals surface area (Å²) in [5.74, 6) is 0.221. The first-order valence-corrected chi connectivity index (χ1v) is 6.49. The van der Waals surface area contributed by atoms with E-state index in [0.29, 0.717) is 11.4 Å². The van der Waals surface area contributed by atoms with E-state index in [9.17, 15) is 4.79 Å². The molecule has 7 heteroatoms. The molecule has 0 atom stereocenters. The number of aromatic nitrogens is 3. The molecule has 7 nitrogen and oxygen atoms in total. The maximum absolute atomic E-state index is 12.1. The maximum Gasteiger partial charge on any atom is 0.293 e. The number of nitrogens with two attached hydrogens (primary N) is 1. The van der Waals surface area contributed by atoms with E-state index in [4.69, 9.17) is 10.5 Å². The molecule has 1 aromatic carbocycles. The second kappa shape index (κ2) is 5.43. The number of nitrogens with zero attached hydrogens (tertiary/aromatic N) is 2. The van der Waals surface area contributed by atoms with Gasteiger partial charge in [-0.05, 0) is 23.1 Å². The Morgan fingerprint density at radius 1 is 1.38 bits per heavy atom. The number of hydrogen-bond donors (Lipinski definition) is 3. The predicted octanol–water partition coefficient (Wildman–Crippen LogP) is 1.95. The van der Waals surface area contributed by atoms with Gasteiger partial charge in [0.05, 0.1) is 12.8 Å². The standard InChI is InChI=1S/C14H19N5O2/c1-14(2,3)8-5-6-10(21-4)9(7-8)16-12(20)11-17-13(15)19-18-11/h5-7H,1-4H3,(H,16,20)(H3,15,17,18,19). The minimum Gasteiger partial charge on any atom is -0.495 e. The molecule has 1 aromatic heterocycles. The maximum atomic E-state index is 12.1. The summed E-state index contributed by atoms with van der Waals surface area (Å²) in [6.45, 7) is 6.28. The molecule has 21 heavy (non-hydrogen) atoms. The van der Waals surface area contributed by atoms with E-state index in [1.807, 2.05) is 18.2 Å². The second-order valence-corrected chi connectivity index (χ2v) is 5.66. The fraction of sp³-hybridized carbons (Fsp3) is 0.357. The van der Waals surface area contributed by atoms with Crippen LogP contribution < -0.4 is 15.8 Å². The van der Waals surface area contributed by atoms with Crippen molar-refractivity contribution in [3.8, 4) is 5.75 Å². The molecular formula is C14H19N5O2. The van der Waals surface area contributed by atoms with Gasteiger partial charge in [-0.15, -0.1) is 5.10 Å². The lowest BCUT2D eigenvalue weighted by molar-refractivity contribution is 0.101. The summed E-state index contributed by atoms with van der Waals surface area (Å²) in [6.07, 6.45) is 0. The molecule has 0 aliphatic heterocycles. The number of benzene rings is 1. The monoisotopic (exact) mass is 289 g/mol. The van der Waals surface area contributed by atoms with Crippen LogP contribution in [0.1, 0.15) is 37.0 Å². The van der Waals surface area contributed by atoms with Crippen molar-refractivity contribution in [3.63, 3.8) is 0 Å². The van der Waals surface area contributed by atoms with E-state index >= 15 is 0 Å². The molecule has 1 heterocycles. The third-order valence-electron chi connectivity index (χ3n) is 3.03. The van der Waals surface area contributed by atoms with E-state index in [0.717, 1.165) is 5.56 Å². The molecule has 0 unspecified atom stereocenters. The van der Waals surface area contributed by atoms with E-state index in [1.165, 1.54) is 0 Å². The SMILES string of the molecule is COc1ccc(C(C)(C)C)cc1NC(=O)c1nc(N)n[nH]1. The highest BCUT2D eigenvalue weighted by Gasteiger charge is 2.18. The number of aromatic amines is 1. The molecule has 0 saturated heterocycles. The summed E-state index contributed by atoms with van der Waals surface area (Å²) in [7, 11) is 1.55. The van der Waals surface area contributed by atoms with E-state index in [-0.39, 0.29) is 17.2 Å². The normalized spacial score (nSPS) is 11.2. The lowest BCUT2D eigenvalue weighted by Gasteiger charge is -2.21. The van der Waals surface area contributed by atoms with Crippen LogP contribution in [-0.4, -0.2) is 28.2 Å². The third-order valence-corrected chi connectivity index (χ3v) is 3.03. The van der Waals surface area contributed by atoms with Crippen LogP contribution in [0.2, 0.25) is 0 Å². The van der Waals surface area contributed by atoms with Gasteiger partial charge >= 0.3 is 0 Å². The first-order chi connectivity index (χ1) is 9.81. The highest BCUT2D eigenvalue weighted by molar-refractivity contribution is 6.02. The van der Waals surface area contributed by atoms with Crippen LogP contribution >= 0.6 is 0 Å². The van der Waals surface area contributed by atoms with Gasteiger partial charge in [0.1, 0.15) is 5.75 Å². The van der Waals surface area contributed by atoms with Gasteiger partial charge in [-0.3, -0.25) is 9.89 Å². The smallest absolute Gasteiger partial charge is 0.293 e. The third kappa shape index (κ3) is 3.31. The van der Waals surface area contributed by atoms with Crippen molar-refractivity contribution in [2.24, 2.45) is 0 Å². The molecule has 1 amide bonds. The Balaban J connectivity index is 2.31. The number of carbonyl (C=O) groups excluding carboxylic acids is 1. The van der Waals surface area contributed by atoms with Crippen molar-refractivity contribution in [2.75, 3.05) is 18.2 Å². The number of hydrogen-bond acceptors (Lipinski definition) is 5. The first-order valence-electron chi connectivity index (χ1n) is 6.49. The van der Waals surface area contributed by atoms with Crippen molar-refractivity contribution in [2.45, 2.75) is 26.2 Å². The molecular weight excluding hydrogens is 270 g/mol. The largest absolute Gasteiger partial charge is 0.495 e. The number of H-pyrrole nitrogens is 1. The summed E-state index contributed by atoms with van der Waals surface area (Å²) in [5.41, 5.74) is 7.00. The summed E-state index contributed by atoms with van der Waals surface area (Å²) >= 11 is 0. The fourth-order valence-electron chi connectivity index (χ4n) is 1.83. The topological polar surface area (TPSA) is 106 Å². The van der Waals surface area contributed by atoms with E-state index in [1.54, 1.807) is 7.11 Å². The average Bonchev–Trinajstić information content (AvgIpc) is 2.84. The Morgan fingerprint density at radius 3 is 2.62 bits per heavy atom. The average molecular weight is 289 g/mol. The number of rotatable bonds is 3. The van der Waals surface area contributed by atoms with Crippen molar-refractivity contribution in [3.05, 3.63) is 29.6 Å². The highest BCUT2D eigenvalue weighted by atomic mass is 16.5. The summed E-state index contributed by atoms with van der Waals surface area (Å²) in [4.78, 5) is 15.9. The Kier molecular flexibility index (Phi) is 3.84. The molecule has 2 rings (SSSR count). The van der Waals surface area contributed by atoms with Gasteiger partial charge < -0.3 is 15.8 Å². The molecule has 0 aliphatic rings. The summed E-state index contributed by atoms with van der Waals surface area (Å²) < 4.78 is 5.27. The molecule has 0 fully saturated rings. The minimum atomic E-state index is -0.427. The van der Waals surface area contributed by atoms with Crippen LogP contribution in [0.3, 0.4) is 0 Å². The van der Waals surface area contributed by atoms with Gasteiger partial charge in [-0.1, -0.05) is 26.8 Å². The van der Waals surface area contributed by atoms with Crippen LogP contribution in [0.15, 0.2) is 18.2 Å². The molecule has 0 bridgehead atoms. The lowest BCUT2D eigenvalue weighted by Crippen LogP contribution is -2.16. The molecule has 0 aliphatic carbocycles. The van der Waals surface area contributed by atoms with Crippen molar-refractivity contribution >= 4 is 17.5 Å². The molecule has 0 radical (unpaired) electrons. The second-order valence-electron chi connectivity index (χ2n) is 5.66. The Hall–Kier alpha value is -2.57. The van der Waals surface area contributed by atoms with Gasteiger partial charge in [-0.2, -0.15) is 4.98 Å². The Bertz CT molecular complexity index is 658. The number of nitrogen functional groups attached to an aromatic ring is 1. The number of ether oxygens (including phenoxy) is 1. The van der Waals surface area contributed by atoms with E-state index < -0.39 is 5.91 Å². The Morgan fingerprint density at radius 2 is 2.10 bits per heavy atom.